The van der Waals surface area contributed by atoms with E-state index in [-0.39, 0.29) is 12.8 Å². The Bertz CT molecular complexity index is 694. The van der Waals surface area contributed by atoms with E-state index in [1.807, 2.05) is 0 Å². The van der Waals surface area contributed by atoms with Crippen LogP contribution in [0.25, 0.3) is 0 Å². The zero-order chi connectivity index (χ0) is 26.3. The summed E-state index contributed by atoms with van der Waals surface area (Å²) in [5.74, 6) is -4.52. The second kappa shape index (κ2) is 17.1. The molecule has 0 saturated heterocycles. The van der Waals surface area contributed by atoms with E-state index < -0.39 is 66.4 Å². The van der Waals surface area contributed by atoms with Crippen LogP contribution in [0.4, 0.5) is 0 Å². The monoisotopic (exact) mass is 507 g/mol. The number of carboxylic acids is 2. The number of amides is 3. The van der Waals surface area contributed by atoms with Gasteiger partial charge in [-0.25, -0.2) is 4.79 Å². The van der Waals surface area contributed by atoms with Gasteiger partial charge >= 0.3 is 11.9 Å². The van der Waals surface area contributed by atoms with E-state index in [1.54, 1.807) is 6.26 Å². The van der Waals surface area contributed by atoms with Crippen LogP contribution < -0.4 is 27.4 Å². The molecule has 10 N–H and O–H groups in total. The van der Waals surface area contributed by atoms with E-state index in [0.717, 1.165) is 0 Å². The molecule has 13 nitrogen and oxygen atoms in total. The van der Waals surface area contributed by atoms with Crippen LogP contribution in [0.2, 0.25) is 0 Å². The van der Waals surface area contributed by atoms with Crippen molar-refractivity contribution < 1.29 is 39.3 Å². The van der Waals surface area contributed by atoms with Gasteiger partial charge in [0.2, 0.25) is 17.7 Å². The molecule has 14 heteroatoms. The summed E-state index contributed by atoms with van der Waals surface area (Å²) in [5.41, 5.74) is 11.2. The quantitative estimate of drug-likeness (QED) is 0.0943. The summed E-state index contributed by atoms with van der Waals surface area (Å²) in [6.45, 7) is 1.74. The average molecular weight is 508 g/mol. The summed E-state index contributed by atoms with van der Waals surface area (Å²) in [6.07, 6.45) is 1.40. The lowest BCUT2D eigenvalue weighted by Crippen LogP contribution is -2.59. The minimum Gasteiger partial charge on any atom is -0.481 e. The minimum atomic E-state index is -1.46. The summed E-state index contributed by atoms with van der Waals surface area (Å²) >= 11 is 1.38. The number of aliphatic hydroxyl groups is 1. The molecule has 0 spiro atoms. The molecular weight excluding hydrogens is 470 g/mol. The molecule has 0 radical (unpaired) electrons. The van der Waals surface area contributed by atoms with Gasteiger partial charge in [0.15, 0.2) is 0 Å². The van der Waals surface area contributed by atoms with Crippen LogP contribution in [0.15, 0.2) is 0 Å². The molecule has 0 bridgehead atoms. The fourth-order valence-electron chi connectivity index (χ4n) is 2.87. The Morgan fingerprint density at radius 3 is 2.00 bits per heavy atom. The van der Waals surface area contributed by atoms with Gasteiger partial charge in [-0.1, -0.05) is 6.42 Å². The van der Waals surface area contributed by atoms with Crippen LogP contribution in [0.3, 0.4) is 0 Å². The van der Waals surface area contributed by atoms with Crippen LogP contribution in [0, 0.1) is 0 Å². The Morgan fingerprint density at radius 1 is 0.882 bits per heavy atom. The highest BCUT2D eigenvalue weighted by molar-refractivity contribution is 7.98. The maximum atomic E-state index is 12.8. The van der Waals surface area contributed by atoms with E-state index in [2.05, 4.69) is 16.0 Å². The van der Waals surface area contributed by atoms with E-state index in [0.29, 0.717) is 31.6 Å². The van der Waals surface area contributed by atoms with Crippen molar-refractivity contribution in [2.45, 2.75) is 75.7 Å². The van der Waals surface area contributed by atoms with Crippen LogP contribution in [0.5, 0.6) is 0 Å². The topological polar surface area (TPSA) is 234 Å². The lowest BCUT2D eigenvalue weighted by Gasteiger charge is -2.26. The number of carbonyl (C=O) groups is 5. The number of aliphatic carboxylic acids is 2. The molecule has 0 aliphatic carbocycles. The number of rotatable bonds is 18. The number of nitrogens with one attached hydrogen (secondary N) is 3. The summed E-state index contributed by atoms with van der Waals surface area (Å²) in [4.78, 5) is 59.9. The number of aliphatic hydroxyl groups excluding tert-OH is 1. The van der Waals surface area contributed by atoms with Crippen molar-refractivity contribution in [3.8, 4) is 0 Å². The Labute approximate surface area is 202 Å². The summed E-state index contributed by atoms with van der Waals surface area (Å²) < 4.78 is 0. The zero-order valence-electron chi connectivity index (χ0n) is 19.5. The molecule has 3 amide bonds. The maximum Gasteiger partial charge on any atom is 0.326 e. The lowest BCUT2D eigenvalue weighted by atomic mass is 10.1. The van der Waals surface area contributed by atoms with E-state index in [9.17, 15) is 34.2 Å². The first-order chi connectivity index (χ1) is 15.9. The van der Waals surface area contributed by atoms with Crippen LogP contribution >= 0.6 is 11.8 Å². The normalized spacial score (nSPS) is 15.3. The Hall–Kier alpha value is -2.42. The second-order valence-electron chi connectivity index (χ2n) is 7.79. The van der Waals surface area contributed by atoms with Gasteiger partial charge in [-0.2, -0.15) is 11.8 Å². The second-order valence-corrected chi connectivity index (χ2v) is 8.78. The first-order valence-electron chi connectivity index (χ1n) is 10.9. The van der Waals surface area contributed by atoms with Gasteiger partial charge < -0.3 is 42.7 Å². The van der Waals surface area contributed by atoms with E-state index in [1.165, 1.54) is 18.7 Å². The van der Waals surface area contributed by atoms with Gasteiger partial charge in [-0.05, 0) is 51.2 Å². The summed E-state index contributed by atoms with van der Waals surface area (Å²) in [5, 5.41) is 35.1. The fraction of sp³-hybridized carbons (Fsp3) is 0.750. The van der Waals surface area contributed by atoms with Crippen molar-refractivity contribution in [3.05, 3.63) is 0 Å². The predicted molar refractivity (Wildman–Crippen MR) is 126 cm³/mol. The molecule has 34 heavy (non-hydrogen) atoms. The highest BCUT2D eigenvalue weighted by Gasteiger charge is 2.32. The van der Waals surface area contributed by atoms with Crippen LogP contribution in [-0.4, -0.2) is 93.8 Å². The molecular formula is C20H37N5O8S. The molecule has 5 unspecified atom stereocenters. The first-order valence-corrected chi connectivity index (χ1v) is 12.3. The molecule has 5 atom stereocenters. The standard InChI is InChI=1S/C20H37N5O8S/c1-11(26)16(25-17(29)12(22)5-3-4-9-21)19(31)23-13(8-10-34-2)18(30)24-14(20(32)33)6-7-15(27)28/h11-14,16,26H,3-10,21-22H2,1-2H3,(H,23,31)(H,24,30)(H,25,29)(H,27,28)(H,32,33). The van der Waals surface area contributed by atoms with Crippen molar-refractivity contribution in [2.24, 2.45) is 11.5 Å². The molecule has 0 aromatic carbocycles. The largest absolute Gasteiger partial charge is 0.481 e. The third-order valence-corrected chi connectivity index (χ3v) is 5.52. The highest BCUT2D eigenvalue weighted by Crippen LogP contribution is 2.06. The molecule has 0 aromatic heterocycles. The van der Waals surface area contributed by atoms with Crippen LogP contribution in [0.1, 0.15) is 45.4 Å². The van der Waals surface area contributed by atoms with Gasteiger partial charge in [0.25, 0.3) is 0 Å². The van der Waals surface area contributed by atoms with E-state index in [4.69, 9.17) is 16.6 Å². The van der Waals surface area contributed by atoms with Crippen LogP contribution in [-0.2, 0) is 24.0 Å². The van der Waals surface area contributed by atoms with Gasteiger partial charge in [0, 0.05) is 6.42 Å². The van der Waals surface area contributed by atoms with Crippen molar-refractivity contribution in [1.82, 2.24) is 16.0 Å². The number of unbranched alkanes of at least 4 members (excludes halogenated alkanes) is 1. The third kappa shape index (κ3) is 12.7. The molecule has 0 heterocycles. The van der Waals surface area contributed by atoms with Gasteiger partial charge in [0.05, 0.1) is 12.1 Å². The summed E-state index contributed by atoms with van der Waals surface area (Å²) in [6, 6.07) is -4.96. The predicted octanol–water partition coefficient (Wildman–Crippen LogP) is -2.02. The molecule has 196 valence electrons. The number of nitrogens with two attached hydrogens (primary N) is 2. The number of carboxylic acid groups (broad SMARTS) is 2. The Morgan fingerprint density at radius 2 is 1.50 bits per heavy atom. The first kappa shape index (κ1) is 31.6. The van der Waals surface area contributed by atoms with Crippen molar-refractivity contribution in [1.29, 1.82) is 0 Å². The minimum absolute atomic E-state index is 0.128. The molecule has 0 aromatic rings. The molecule has 0 rings (SSSR count). The number of hydrogen-bond donors (Lipinski definition) is 8. The molecule has 0 fully saturated rings. The molecule has 0 aliphatic heterocycles. The number of hydrogen-bond acceptors (Lipinski definition) is 9. The zero-order valence-corrected chi connectivity index (χ0v) is 20.3. The number of thioether (sulfide) groups is 1. The Balaban J connectivity index is 5.31. The summed E-state index contributed by atoms with van der Waals surface area (Å²) in [7, 11) is 0. The maximum absolute atomic E-state index is 12.8. The third-order valence-electron chi connectivity index (χ3n) is 4.87. The van der Waals surface area contributed by atoms with Crippen molar-refractivity contribution in [2.75, 3.05) is 18.6 Å². The van der Waals surface area contributed by atoms with Gasteiger partial charge in [-0.15, -0.1) is 0 Å². The van der Waals surface area contributed by atoms with Gasteiger partial charge in [0.1, 0.15) is 18.1 Å². The molecule has 0 aliphatic rings. The SMILES string of the molecule is CSCCC(NC(=O)C(NC(=O)C(N)CCCCN)C(C)O)C(=O)NC(CCC(=O)O)C(=O)O. The smallest absolute Gasteiger partial charge is 0.326 e. The lowest BCUT2D eigenvalue weighted by molar-refractivity contribution is -0.143. The Kier molecular flexibility index (Phi) is 15.9. The van der Waals surface area contributed by atoms with E-state index >= 15 is 0 Å². The number of carbonyl (C=O) groups excluding carboxylic acids is 3. The highest BCUT2D eigenvalue weighted by atomic mass is 32.2. The van der Waals surface area contributed by atoms with Crippen molar-refractivity contribution in [3.63, 3.8) is 0 Å². The van der Waals surface area contributed by atoms with Gasteiger partial charge in [-0.3, -0.25) is 19.2 Å². The van der Waals surface area contributed by atoms with Crippen molar-refractivity contribution >= 4 is 41.4 Å². The average Bonchev–Trinajstić information content (AvgIpc) is 2.76. The molecule has 0 saturated carbocycles. The fourth-order valence-corrected chi connectivity index (χ4v) is 3.34.